The molecule has 1 N–H and O–H groups in total. The minimum absolute atomic E-state index is 0.138. The first-order valence-corrected chi connectivity index (χ1v) is 8.99. The Bertz CT molecular complexity index is 755. The van der Waals surface area contributed by atoms with Crippen LogP contribution in [-0.4, -0.2) is 49.2 Å². The van der Waals surface area contributed by atoms with Crippen LogP contribution in [0.2, 0.25) is 0 Å². The SMILES string of the molecule is CCC(C)(CNC(=O)c1ccc(-c2ccccc2F)o1)N1CCOCC1. The van der Waals surface area contributed by atoms with Crippen LogP contribution in [0.15, 0.2) is 40.8 Å². The molecule has 2 heterocycles. The largest absolute Gasteiger partial charge is 0.451 e. The van der Waals surface area contributed by atoms with Crippen LogP contribution in [0.1, 0.15) is 30.8 Å². The summed E-state index contributed by atoms with van der Waals surface area (Å²) in [6.07, 6.45) is 0.909. The van der Waals surface area contributed by atoms with Gasteiger partial charge in [0.2, 0.25) is 0 Å². The third-order valence-electron chi connectivity index (χ3n) is 5.14. The molecule has 0 aliphatic carbocycles. The van der Waals surface area contributed by atoms with Crippen molar-refractivity contribution in [1.29, 1.82) is 0 Å². The molecule has 1 fully saturated rings. The number of furan rings is 1. The fourth-order valence-electron chi connectivity index (χ4n) is 3.19. The number of rotatable bonds is 6. The molecule has 140 valence electrons. The fourth-order valence-corrected chi connectivity index (χ4v) is 3.19. The van der Waals surface area contributed by atoms with Crippen molar-refractivity contribution in [3.63, 3.8) is 0 Å². The van der Waals surface area contributed by atoms with Crippen molar-refractivity contribution in [1.82, 2.24) is 10.2 Å². The van der Waals surface area contributed by atoms with Crippen molar-refractivity contribution in [2.24, 2.45) is 0 Å². The Balaban J connectivity index is 1.66. The standard InChI is InChI=1S/C20H25FN2O3/c1-3-20(2,23-10-12-25-13-11-23)14-22-19(24)18-9-8-17(26-18)15-6-4-5-7-16(15)21/h4-9H,3,10-14H2,1-2H3,(H,22,24). The summed E-state index contributed by atoms with van der Waals surface area (Å²) in [6.45, 7) is 7.92. The lowest BCUT2D eigenvalue weighted by atomic mass is 9.95. The first kappa shape index (κ1) is 18.6. The fraction of sp³-hybridized carbons (Fsp3) is 0.450. The molecule has 26 heavy (non-hydrogen) atoms. The van der Waals surface area contributed by atoms with Crippen molar-refractivity contribution in [3.05, 3.63) is 48.0 Å². The van der Waals surface area contributed by atoms with Gasteiger partial charge in [0.15, 0.2) is 5.76 Å². The van der Waals surface area contributed by atoms with E-state index in [-0.39, 0.29) is 23.0 Å². The van der Waals surface area contributed by atoms with Crippen molar-refractivity contribution < 1.29 is 18.3 Å². The number of hydrogen-bond donors (Lipinski definition) is 1. The highest BCUT2D eigenvalue weighted by Gasteiger charge is 2.32. The van der Waals surface area contributed by atoms with E-state index in [1.807, 2.05) is 0 Å². The van der Waals surface area contributed by atoms with Gasteiger partial charge in [-0.25, -0.2) is 4.39 Å². The summed E-state index contributed by atoms with van der Waals surface area (Å²) in [5, 5.41) is 2.96. The molecule has 6 heteroatoms. The van der Waals surface area contributed by atoms with Gasteiger partial charge in [0.05, 0.1) is 18.8 Å². The van der Waals surface area contributed by atoms with E-state index in [1.165, 1.54) is 6.07 Å². The second kappa shape index (κ2) is 8.01. The molecule has 0 radical (unpaired) electrons. The zero-order valence-electron chi connectivity index (χ0n) is 15.3. The molecule has 1 amide bonds. The molecule has 1 aromatic carbocycles. The van der Waals surface area contributed by atoms with Gasteiger partial charge >= 0.3 is 0 Å². The Kier molecular flexibility index (Phi) is 5.74. The van der Waals surface area contributed by atoms with Gasteiger partial charge in [-0.15, -0.1) is 0 Å². The number of halogens is 1. The lowest BCUT2D eigenvalue weighted by Gasteiger charge is -2.42. The third kappa shape index (κ3) is 3.97. The van der Waals surface area contributed by atoms with Crippen molar-refractivity contribution in [3.8, 4) is 11.3 Å². The predicted octanol–water partition coefficient (Wildman–Crippen LogP) is 3.32. The third-order valence-corrected chi connectivity index (χ3v) is 5.14. The molecule has 1 unspecified atom stereocenters. The van der Waals surface area contributed by atoms with Crippen molar-refractivity contribution >= 4 is 5.91 Å². The molecular formula is C20H25FN2O3. The number of carbonyl (C=O) groups is 1. The van der Waals surface area contributed by atoms with E-state index >= 15 is 0 Å². The maximum atomic E-state index is 13.9. The zero-order valence-corrected chi connectivity index (χ0v) is 15.3. The van der Waals surface area contributed by atoms with Crippen LogP contribution in [0.4, 0.5) is 4.39 Å². The smallest absolute Gasteiger partial charge is 0.287 e. The van der Waals surface area contributed by atoms with Gasteiger partial charge in [0.25, 0.3) is 5.91 Å². The number of amides is 1. The average Bonchev–Trinajstić information content (AvgIpc) is 3.17. The van der Waals surface area contributed by atoms with Gasteiger partial charge < -0.3 is 14.5 Å². The number of carbonyl (C=O) groups excluding carboxylic acids is 1. The monoisotopic (exact) mass is 360 g/mol. The maximum Gasteiger partial charge on any atom is 0.287 e. The van der Waals surface area contributed by atoms with E-state index in [2.05, 4.69) is 24.1 Å². The lowest BCUT2D eigenvalue weighted by molar-refractivity contribution is -0.0170. The molecule has 0 saturated carbocycles. The zero-order chi connectivity index (χ0) is 18.6. The first-order valence-electron chi connectivity index (χ1n) is 8.99. The number of nitrogens with zero attached hydrogens (tertiary/aromatic N) is 1. The molecule has 2 aromatic rings. The van der Waals surface area contributed by atoms with Crippen LogP contribution in [0, 0.1) is 5.82 Å². The van der Waals surface area contributed by atoms with Gasteiger partial charge in [0.1, 0.15) is 11.6 Å². The van der Waals surface area contributed by atoms with Crippen LogP contribution in [0.25, 0.3) is 11.3 Å². The number of morpholine rings is 1. The van der Waals surface area contributed by atoms with Crippen LogP contribution in [0.5, 0.6) is 0 Å². The first-order chi connectivity index (χ1) is 12.5. The quantitative estimate of drug-likeness (QED) is 0.859. The second-order valence-corrected chi connectivity index (χ2v) is 6.78. The Morgan fingerprint density at radius 1 is 1.23 bits per heavy atom. The molecule has 1 aromatic heterocycles. The Hall–Kier alpha value is -2.18. The van der Waals surface area contributed by atoms with Crippen LogP contribution in [0.3, 0.4) is 0 Å². The van der Waals surface area contributed by atoms with Gasteiger partial charge in [0, 0.05) is 25.2 Å². The minimum atomic E-state index is -0.375. The highest BCUT2D eigenvalue weighted by molar-refractivity contribution is 5.92. The summed E-state index contributed by atoms with van der Waals surface area (Å²) in [5.41, 5.74) is 0.207. The van der Waals surface area contributed by atoms with Crippen LogP contribution >= 0.6 is 0 Å². The van der Waals surface area contributed by atoms with E-state index in [0.717, 1.165) is 19.5 Å². The van der Waals surface area contributed by atoms with Crippen LogP contribution < -0.4 is 5.32 Å². The number of hydrogen-bond acceptors (Lipinski definition) is 4. The van der Waals surface area contributed by atoms with E-state index < -0.39 is 0 Å². The molecule has 3 rings (SSSR count). The lowest BCUT2D eigenvalue weighted by Crippen LogP contribution is -2.56. The van der Waals surface area contributed by atoms with Gasteiger partial charge in [-0.1, -0.05) is 19.1 Å². The topological polar surface area (TPSA) is 54.7 Å². The van der Waals surface area contributed by atoms with Gasteiger partial charge in [-0.2, -0.15) is 0 Å². The second-order valence-electron chi connectivity index (χ2n) is 6.78. The Labute approximate surface area is 153 Å². The summed E-state index contributed by atoms with van der Waals surface area (Å²) in [4.78, 5) is 14.8. The maximum absolute atomic E-state index is 13.9. The van der Waals surface area contributed by atoms with E-state index in [4.69, 9.17) is 9.15 Å². The van der Waals surface area contributed by atoms with Crippen molar-refractivity contribution in [2.75, 3.05) is 32.8 Å². The highest BCUT2D eigenvalue weighted by atomic mass is 19.1. The van der Waals surface area contributed by atoms with E-state index in [1.54, 1.807) is 30.3 Å². The average molecular weight is 360 g/mol. The molecule has 0 spiro atoms. The summed E-state index contributed by atoms with van der Waals surface area (Å²) in [7, 11) is 0. The minimum Gasteiger partial charge on any atom is -0.451 e. The predicted molar refractivity (Wildman–Crippen MR) is 97.5 cm³/mol. The van der Waals surface area contributed by atoms with Gasteiger partial charge in [-0.05, 0) is 37.6 Å². The van der Waals surface area contributed by atoms with E-state index in [0.29, 0.717) is 31.1 Å². The van der Waals surface area contributed by atoms with Crippen LogP contribution in [-0.2, 0) is 4.74 Å². The number of ether oxygens (including phenoxy) is 1. The molecule has 1 atom stereocenters. The molecule has 1 saturated heterocycles. The molecule has 5 nitrogen and oxygen atoms in total. The highest BCUT2D eigenvalue weighted by Crippen LogP contribution is 2.25. The Morgan fingerprint density at radius 2 is 1.96 bits per heavy atom. The summed E-state index contributed by atoms with van der Waals surface area (Å²) >= 11 is 0. The molecule has 1 aliphatic heterocycles. The summed E-state index contributed by atoms with van der Waals surface area (Å²) in [5.74, 6) is -0.136. The van der Waals surface area contributed by atoms with Crippen molar-refractivity contribution in [2.45, 2.75) is 25.8 Å². The molecule has 0 bridgehead atoms. The Morgan fingerprint density at radius 3 is 2.65 bits per heavy atom. The number of benzene rings is 1. The summed E-state index contributed by atoms with van der Waals surface area (Å²) in [6, 6.07) is 9.54. The number of nitrogens with one attached hydrogen (secondary N) is 1. The summed E-state index contributed by atoms with van der Waals surface area (Å²) < 4.78 is 24.9. The molecular weight excluding hydrogens is 335 g/mol. The molecule has 1 aliphatic rings. The van der Waals surface area contributed by atoms with E-state index in [9.17, 15) is 9.18 Å². The van der Waals surface area contributed by atoms with Gasteiger partial charge in [-0.3, -0.25) is 9.69 Å². The normalized spacial score (nSPS) is 17.7.